The topological polar surface area (TPSA) is 175 Å². The quantitative estimate of drug-likeness (QED) is 0.0712. The van der Waals surface area contributed by atoms with Crippen LogP contribution in [0, 0.1) is 21.4 Å². The summed E-state index contributed by atoms with van der Waals surface area (Å²) in [5, 5.41) is 17.1. The van der Waals surface area contributed by atoms with Gasteiger partial charge in [0.25, 0.3) is 21.6 Å². The average molecular weight is 964 g/mol. The highest BCUT2D eigenvalue weighted by molar-refractivity contribution is 7.90. The summed E-state index contributed by atoms with van der Waals surface area (Å²) in [6.45, 7) is 8.12. The molecule has 5 aromatic rings. The van der Waals surface area contributed by atoms with E-state index in [1.165, 1.54) is 54.5 Å². The van der Waals surface area contributed by atoms with E-state index < -0.39 is 25.7 Å². The molecule has 5 aliphatic rings. The molecule has 4 fully saturated rings. The van der Waals surface area contributed by atoms with Crippen molar-refractivity contribution < 1.29 is 27.6 Å². The summed E-state index contributed by atoms with van der Waals surface area (Å²) in [6, 6.07) is 21.3. The van der Waals surface area contributed by atoms with Crippen LogP contribution >= 0.6 is 11.6 Å². The molecule has 17 heteroatoms. The number of carbonyl (C=O) groups is 1. The number of nitrogens with one attached hydrogen (secondary N) is 3. The summed E-state index contributed by atoms with van der Waals surface area (Å²) in [4.78, 5) is 40.2. The van der Waals surface area contributed by atoms with Crippen LogP contribution in [0.15, 0.2) is 95.7 Å². The highest BCUT2D eigenvalue weighted by Crippen LogP contribution is 2.55. The van der Waals surface area contributed by atoms with Gasteiger partial charge in [-0.25, -0.2) is 18.1 Å². The van der Waals surface area contributed by atoms with E-state index in [4.69, 9.17) is 21.1 Å². The molecule has 2 aromatic heterocycles. The Kier molecular flexibility index (Phi) is 13.5. The van der Waals surface area contributed by atoms with Crippen LogP contribution in [-0.4, -0.2) is 111 Å². The second-order valence-corrected chi connectivity index (χ2v) is 21.4. The van der Waals surface area contributed by atoms with Crippen LogP contribution in [0.4, 0.5) is 17.1 Å². The Labute approximate surface area is 402 Å². The average Bonchev–Trinajstić information content (AvgIpc) is 3.82. The zero-order valence-corrected chi connectivity index (χ0v) is 39.8. The van der Waals surface area contributed by atoms with E-state index in [9.17, 15) is 23.3 Å². The van der Waals surface area contributed by atoms with Gasteiger partial charge in [-0.2, -0.15) is 0 Å². The molecule has 1 saturated carbocycles. The van der Waals surface area contributed by atoms with Gasteiger partial charge in [0.2, 0.25) is 0 Å². The monoisotopic (exact) mass is 962 g/mol. The Morgan fingerprint density at radius 3 is 2.46 bits per heavy atom. The summed E-state index contributed by atoms with van der Waals surface area (Å²) in [7, 11) is -4.57. The van der Waals surface area contributed by atoms with E-state index in [0.717, 1.165) is 120 Å². The van der Waals surface area contributed by atoms with Crippen LogP contribution in [0.1, 0.15) is 80.1 Å². The third-order valence-electron chi connectivity index (χ3n) is 15.1. The first-order valence-corrected chi connectivity index (χ1v) is 25.9. The van der Waals surface area contributed by atoms with Crippen LogP contribution in [0.5, 0.6) is 11.5 Å². The lowest BCUT2D eigenvalue weighted by Crippen LogP contribution is -2.47. The van der Waals surface area contributed by atoms with E-state index in [-0.39, 0.29) is 22.7 Å². The zero-order chi connectivity index (χ0) is 46.8. The molecule has 3 aromatic carbocycles. The molecular formula is C51H59ClN8O7S. The first-order valence-electron chi connectivity index (χ1n) is 24.1. The highest BCUT2D eigenvalue weighted by Gasteiger charge is 2.41. The fraction of sp³-hybridized carbons (Fsp3) is 0.451. The number of aromatic nitrogens is 2. The first-order chi connectivity index (χ1) is 33.0. The molecule has 2 aliphatic carbocycles. The number of amides is 1. The number of piperidine rings is 1. The minimum atomic E-state index is -4.57. The molecule has 1 spiro atoms. The summed E-state index contributed by atoms with van der Waals surface area (Å²) in [5.41, 5.74) is 6.02. The Hall–Kier alpha value is -5.52. The maximum Gasteiger partial charge on any atom is 0.293 e. The molecule has 3 saturated heterocycles. The van der Waals surface area contributed by atoms with Crippen LogP contribution in [0.3, 0.4) is 0 Å². The number of hydrogen-bond donors (Lipinski definition) is 3. The Balaban J connectivity index is 0.828. The smallest absolute Gasteiger partial charge is 0.293 e. The molecule has 10 rings (SSSR count). The number of hydrogen-bond acceptors (Lipinski definition) is 12. The number of nitrogens with zero attached hydrogens (tertiary/aromatic N) is 5. The van der Waals surface area contributed by atoms with Crippen LogP contribution in [0.2, 0.25) is 5.02 Å². The van der Waals surface area contributed by atoms with Gasteiger partial charge in [-0.3, -0.25) is 19.8 Å². The maximum absolute atomic E-state index is 14.1. The fourth-order valence-corrected chi connectivity index (χ4v) is 12.1. The van der Waals surface area contributed by atoms with E-state index in [1.807, 2.05) is 18.2 Å². The normalized spacial score (nSPS) is 19.8. The molecule has 68 heavy (non-hydrogen) atoms. The van der Waals surface area contributed by atoms with Crippen LogP contribution < -0.4 is 19.7 Å². The molecule has 0 bridgehead atoms. The number of nitro groups is 1. The molecule has 0 unspecified atom stereocenters. The number of aromatic amines is 1. The van der Waals surface area contributed by atoms with Gasteiger partial charge in [-0.05, 0) is 142 Å². The molecule has 3 N–H and O–H groups in total. The molecule has 5 heterocycles. The molecule has 15 nitrogen and oxygen atoms in total. The predicted molar refractivity (Wildman–Crippen MR) is 264 cm³/mol. The first kappa shape index (κ1) is 46.2. The Morgan fingerprint density at radius 2 is 1.72 bits per heavy atom. The lowest BCUT2D eigenvalue weighted by Gasteiger charge is -2.47. The van der Waals surface area contributed by atoms with Crippen molar-refractivity contribution in [1.82, 2.24) is 24.5 Å². The number of ether oxygens (including phenoxy) is 2. The van der Waals surface area contributed by atoms with Gasteiger partial charge >= 0.3 is 0 Å². The number of fused-ring (bicyclic) bond motifs is 1. The van der Waals surface area contributed by atoms with Crippen molar-refractivity contribution in [3.05, 3.63) is 117 Å². The summed E-state index contributed by atoms with van der Waals surface area (Å²) < 4.78 is 41.7. The van der Waals surface area contributed by atoms with Crippen LogP contribution in [-0.2, 0) is 14.8 Å². The second-order valence-electron chi connectivity index (χ2n) is 19.3. The Bertz CT molecular complexity index is 2790. The number of allylic oxidation sites excluding steroid dienone is 1. The van der Waals surface area contributed by atoms with Crippen molar-refractivity contribution in [1.29, 1.82) is 0 Å². The van der Waals surface area contributed by atoms with Gasteiger partial charge in [0.1, 0.15) is 22.8 Å². The van der Waals surface area contributed by atoms with Crippen molar-refractivity contribution in [2.24, 2.45) is 11.3 Å². The van der Waals surface area contributed by atoms with E-state index in [1.54, 1.807) is 36.7 Å². The Morgan fingerprint density at radius 1 is 0.941 bits per heavy atom. The minimum Gasteiger partial charge on any atom is -0.455 e. The molecule has 0 radical (unpaired) electrons. The van der Waals surface area contributed by atoms with E-state index in [0.29, 0.717) is 35.3 Å². The number of benzene rings is 3. The number of piperazine rings is 1. The number of rotatable bonds is 14. The fourth-order valence-electron chi connectivity index (χ4n) is 10.9. The van der Waals surface area contributed by atoms with Gasteiger partial charge in [-0.1, -0.05) is 35.7 Å². The van der Waals surface area contributed by atoms with Gasteiger partial charge in [0.05, 0.1) is 21.6 Å². The van der Waals surface area contributed by atoms with Crippen LogP contribution in [0.25, 0.3) is 16.6 Å². The number of H-pyrrole nitrogens is 1. The third-order valence-corrected chi connectivity index (χ3v) is 16.7. The van der Waals surface area contributed by atoms with E-state index in [2.05, 4.69) is 46.8 Å². The largest absolute Gasteiger partial charge is 0.455 e. The summed E-state index contributed by atoms with van der Waals surface area (Å²) >= 11 is 6.29. The molecule has 1 amide bonds. The summed E-state index contributed by atoms with van der Waals surface area (Å²) in [6.07, 6.45) is 14.7. The predicted octanol–water partition coefficient (Wildman–Crippen LogP) is 9.27. The minimum absolute atomic E-state index is 0.0241. The number of anilines is 2. The number of nitro benzene ring substituents is 1. The molecule has 358 valence electrons. The number of likely N-dealkylation sites (tertiary alicyclic amines) is 1. The van der Waals surface area contributed by atoms with Crippen molar-refractivity contribution in [3.8, 4) is 11.5 Å². The van der Waals surface area contributed by atoms with Crippen molar-refractivity contribution in [2.75, 3.05) is 75.8 Å². The van der Waals surface area contributed by atoms with Crippen molar-refractivity contribution >= 4 is 61.2 Å². The summed E-state index contributed by atoms with van der Waals surface area (Å²) in [5.74, 6) is -0.117. The standard InChI is InChI=1S/C51H59ClN8O7S/c52-39-4-2-36(3-5-39)45-31-51(16-1-17-51)18-10-38(45)34-57-22-24-59(25-23-57)41-6-8-44(48(29-41)67-42-28-37-11-19-53-49(37)55-33-42)50(61)56-68(64,65)43-7-9-46(47(30-43)60(62)63)54-32-35-12-20-58(21-13-35)40-14-26-66-27-15-40/h2-9,11,19,28-30,33,35,40,54H,1,10,12-18,20-27,31-32,34H2,(H,53,55)(H,56,61). The highest BCUT2D eigenvalue weighted by atomic mass is 35.5. The number of halogens is 1. The molecular weight excluding hydrogens is 904 g/mol. The molecule has 3 aliphatic heterocycles. The van der Waals surface area contributed by atoms with Gasteiger partial charge in [-0.15, -0.1) is 0 Å². The van der Waals surface area contributed by atoms with Gasteiger partial charge < -0.3 is 29.6 Å². The number of pyridine rings is 1. The lowest BCUT2D eigenvalue weighted by molar-refractivity contribution is -0.384. The number of carbonyl (C=O) groups excluding carboxylic acids is 1. The lowest BCUT2D eigenvalue weighted by atomic mass is 9.59. The number of sulfonamides is 1. The maximum atomic E-state index is 14.1. The zero-order valence-electron chi connectivity index (χ0n) is 38.3. The van der Waals surface area contributed by atoms with E-state index >= 15 is 0 Å². The van der Waals surface area contributed by atoms with Gasteiger partial charge in [0.15, 0.2) is 0 Å². The van der Waals surface area contributed by atoms with Gasteiger partial charge in [0, 0.05) is 92.9 Å². The second kappa shape index (κ2) is 19.8. The van der Waals surface area contributed by atoms with Crippen molar-refractivity contribution in [3.63, 3.8) is 0 Å². The SMILES string of the molecule is O=C(NS(=O)(=O)c1ccc(NCC2CCN(C3CCOCC3)CC2)c([N+](=O)[O-])c1)c1ccc(N2CCN(CC3=C(c4ccc(Cl)cc4)CC4(CCC4)CC3)CC2)cc1Oc1cnc2[nH]ccc2c1. The molecule has 0 atom stereocenters. The van der Waals surface area contributed by atoms with Crippen molar-refractivity contribution in [2.45, 2.75) is 75.1 Å². The third kappa shape index (κ3) is 10.3.